The van der Waals surface area contributed by atoms with Crippen molar-refractivity contribution < 1.29 is 14.3 Å². The molecule has 0 saturated carbocycles. The summed E-state index contributed by atoms with van der Waals surface area (Å²) in [6.45, 7) is 4.01. The molecule has 1 aromatic rings. The Bertz CT molecular complexity index is 475. The minimum Gasteiger partial charge on any atom is -0.378 e. The maximum atomic E-state index is 12.1. The summed E-state index contributed by atoms with van der Waals surface area (Å²) in [5.74, 6) is -0.00786. The monoisotopic (exact) mass is 326 g/mol. The lowest BCUT2D eigenvalue weighted by Crippen LogP contribution is -2.46. The molecule has 1 amide bonds. The molecule has 5 nitrogen and oxygen atoms in total. The topological polar surface area (TPSA) is 59.6 Å². The number of nitrogens with one attached hydrogen (secondary N) is 2. The van der Waals surface area contributed by atoms with Crippen molar-refractivity contribution in [2.45, 2.75) is 31.5 Å². The van der Waals surface area contributed by atoms with Gasteiger partial charge in [0.2, 0.25) is 5.91 Å². The first-order chi connectivity index (χ1) is 10.6. The predicted molar refractivity (Wildman–Crippen MR) is 86.0 cm³/mol. The van der Waals surface area contributed by atoms with Crippen molar-refractivity contribution in [3.05, 3.63) is 34.9 Å². The van der Waals surface area contributed by atoms with Crippen molar-refractivity contribution in [1.29, 1.82) is 0 Å². The van der Waals surface area contributed by atoms with Crippen molar-refractivity contribution in [2.24, 2.45) is 0 Å². The van der Waals surface area contributed by atoms with E-state index in [-0.39, 0.29) is 24.1 Å². The van der Waals surface area contributed by atoms with Crippen molar-refractivity contribution in [3.8, 4) is 0 Å². The van der Waals surface area contributed by atoms with Crippen LogP contribution in [0, 0.1) is 0 Å². The van der Waals surface area contributed by atoms with Gasteiger partial charge in [0.25, 0.3) is 0 Å². The Morgan fingerprint density at radius 1 is 1.50 bits per heavy atom. The normalized spacial score (nSPS) is 21.1. The van der Waals surface area contributed by atoms with Gasteiger partial charge in [-0.1, -0.05) is 23.7 Å². The van der Waals surface area contributed by atoms with Crippen LogP contribution in [0.3, 0.4) is 0 Å². The van der Waals surface area contributed by atoms with Crippen LogP contribution in [0.1, 0.15) is 25.0 Å². The quantitative estimate of drug-likeness (QED) is 0.838. The summed E-state index contributed by atoms with van der Waals surface area (Å²) >= 11 is 5.90. The van der Waals surface area contributed by atoms with Crippen LogP contribution in [0.15, 0.2) is 24.3 Å². The minimum absolute atomic E-state index is 0.00786. The molecule has 1 fully saturated rings. The molecule has 22 heavy (non-hydrogen) atoms. The summed E-state index contributed by atoms with van der Waals surface area (Å²) < 4.78 is 10.9. The number of hydrogen-bond acceptors (Lipinski definition) is 4. The molecule has 0 aliphatic carbocycles. The first-order valence-electron chi connectivity index (χ1n) is 7.49. The molecule has 0 aromatic heterocycles. The molecule has 1 saturated heterocycles. The van der Waals surface area contributed by atoms with E-state index in [0.717, 1.165) is 12.1 Å². The Hall–Kier alpha value is -1.14. The lowest BCUT2D eigenvalue weighted by molar-refractivity contribution is -0.123. The second-order valence-corrected chi connectivity index (χ2v) is 5.93. The molecule has 122 valence electrons. The van der Waals surface area contributed by atoms with Crippen LogP contribution in [-0.4, -0.2) is 44.9 Å². The molecule has 2 N–H and O–H groups in total. The summed E-state index contributed by atoms with van der Waals surface area (Å²) in [5, 5.41) is 6.95. The number of benzene rings is 1. The van der Waals surface area contributed by atoms with Gasteiger partial charge in [-0.25, -0.2) is 0 Å². The van der Waals surface area contributed by atoms with Crippen molar-refractivity contribution in [1.82, 2.24) is 10.6 Å². The van der Waals surface area contributed by atoms with Gasteiger partial charge in [-0.2, -0.15) is 0 Å². The van der Waals surface area contributed by atoms with Crippen LogP contribution in [0.25, 0.3) is 0 Å². The summed E-state index contributed by atoms with van der Waals surface area (Å²) in [4.78, 5) is 12.1. The van der Waals surface area contributed by atoms with Crippen molar-refractivity contribution in [2.75, 3.05) is 26.9 Å². The van der Waals surface area contributed by atoms with Gasteiger partial charge in [-0.15, -0.1) is 0 Å². The molecule has 1 heterocycles. The van der Waals surface area contributed by atoms with Crippen LogP contribution in [-0.2, 0) is 14.3 Å². The van der Waals surface area contributed by atoms with E-state index < -0.39 is 0 Å². The minimum atomic E-state index is -0.211. The van der Waals surface area contributed by atoms with Crippen LogP contribution < -0.4 is 10.6 Å². The van der Waals surface area contributed by atoms with Gasteiger partial charge >= 0.3 is 0 Å². The molecule has 2 rings (SSSR count). The first kappa shape index (κ1) is 17.2. The molecule has 0 bridgehead atoms. The first-order valence-corrected chi connectivity index (χ1v) is 7.86. The molecule has 6 heteroatoms. The molecular formula is C16H23ClN2O3. The Balaban J connectivity index is 1.89. The van der Waals surface area contributed by atoms with E-state index in [1.165, 1.54) is 0 Å². The van der Waals surface area contributed by atoms with Gasteiger partial charge in [0.15, 0.2) is 0 Å². The van der Waals surface area contributed by atoms with Crippen molar-refractivity contribution >= 4 is 17.5 Å². The molecule has 3 unspecified atom stereocenters. The maximum Gasteiger partial charge on any atom is 0.221 e. The highest BCUT2D eigenvalue weighted by Gasteiger charge is 2.23. The van der Waals surface area contributed by atoms with Crippen LogP contribution >= 0.6 is 11.6 Å². The lowest BCUT2D eigenvalue weighted by atomic mass is 10.0. The molecule has 1 aliphatic rings. The zero-order chi connectivity index (χ0) is 15.9. The van der Waals surface area contributed by atoms with E-state index in [1.807, 2.05) is 31.2 Å². The highest BCUT2D eigenvalue weighted by Crippen LogP contribution is 2.22. The van der Waals surface area contributed by atoms with Gasteiger partial charge in [-0.05, 0) is 24.6 Å². The van der Waals surface area contributed by atoms with Gasteiger partial charge < -0.3 is 20.1 Å². The summed E-state index contributed by atoms with van der Waals surface area (Å²) in [5.41, 5.74) is 0.985. The number of carbonyl (C=O) groups excluding carboxylic acids is 1. The summed E-state index contributed by atoms with van der Waals surface area (Å²) in [7, 11) is 1.64. The summed E-state index contributed by atoms with van der Waals surface area (Å²) in [6.07, 6.45) is 0.193. The number of hydrogen-bond donors (Lipinski definition) is 2. The third-order valence-electron chi connectivity index (χ3n) is 3.73. The fourth-order valence-electron chi connectivity index (χ4n) is 2.64. The third-order valence-corrected chi connectivity index (χ3v) is 3.98. The Labute approximate surface area is 136 Å². The van der Waals surface area contributed by atoms with E-state index in [0.29, 0.717) is 24.7 Å². The standard InChI is InChI=1S/C16H23ClN2O3/c1-11(16(21-2)12-3-5-13(17)6-4-12)19-15(20)9-14-10-22-8-7-18-14/h3-6,11,14,16,18H,7-10H2,1-2H3,(H,19,20). The number of rotatable bonds is 6. The molecule has 0 radical (unpaired) electrons. The number of methoxy groups -OCH3 is 1. The number of carbonyl (C=O) groups is 1. The largest absolute Gasteiger partial charge is 0.378 e. The number of amides is 1. The zero-order valence-corrected chi connectivity index (χ0v) is 13.7. The average Bonchev–Trinajstić information content (AvgIpc) is 2.50. The van der Waals surface area contributed by atoms with E-state index in [4.69, 9.17) is 21.1 Å². The number of ether oxygens (including phenoxy) is 2. The zero-order valence-electron chi connectivity index (χ0n) is 13.0. The highest BCUT2D eigenvalue weighted by molar-refractivity contribution is 6.30. The highest BCUT2D eigenvalue weighted by atomic mass is 35.5. The Kier molecular flexibility index (Phi) is 6.64. The average molecular weight is 327 g/mol. The van der Waals surface area contributed by atoms with Crippen molar-refractivity contribution in [3.63, 3.8) is 0 Å². The molecule has 0 spiro atoms. The van der Waals surface area contributed by atoms with E-state index in [1.54, 1.807) is 7.11 Å². The maximum absolute atomic E-state index is 12.1. The van der Waals surface area contributed by atoms with Gasteiger partial charge in [-0.3, -0.25) is 4.79 Å². The number of halogens is 1. The Morgan fingerprint density at radius 2 is 2.23 bits per heavy atom. The Morgan fingerprint density at radius 3 is 2.82 bits per heavy atom. The third kappa shape index (κ3) is 4.95. The molecule has 1 aliphatic heterocycles. The van der Waals surface area contributed by atoms with Crippen LogP contribution in [0.5, 0.6) is 0 Å². The van der Waals surface area contributed by atoms with Crippen LogP contribution in [0.2, 0.25) is 5.02 Å². The summed E-state index contributed by atoms with van der Waals surface area (Å²) in [6, 6.07) is 7.41. The molecular weight excluding hydrogens is 304 g/mol. The van der Waals surface area contributed by atoms with E-state index >= 15 is 0 Å². The molecule has 1 aromatic carbocycles. The smallest absolute Gasteiger partial charge is 0.221 e. The van der Waals surface area contributed by atoms with E-state index in [9.17, 15) is 4.79 Å². The van der Waals surface area contributed by atoms with Gasteiger partial charge in [0.05, 0.1) is 19.3 Å². The second kappa shape index (κ2) is 8.48. The fourth-order valence-corrected chi connectivity index (χ4v) is 2.77. The number of morpholine rings is 1. The molecule has 3 atom stereocenters. The predicted octanol–water partition coefficient (Wildman–Crippen LogP) is 1.91. The fraction of sp³-hybridized carbons (Fsp3) is 0.562. The SMILES string of the molecule is COC(c1ccc(Cl)cc1)C(C)NC(=O)CC1COCCN1. The van der Waals surface area contributed by atoms with E-state index in [2.05, 4.69) is 10.6 Å². The van der Waals surface area contributed by atoms with Crippen LogP contribution in [0.4, 0.5) is 0 Å². The second-order valence-electron chi connectivity index (χ2n) is 5.49. The lowest BCUT2D eigenvalue weighted by Gasteiger charge is -2.27. The van der Waals surface area contributed by atoms with Gasteiger partial charge in [0.1, 0.15) is 6.10 Å². The van der Waals surface area contributed by atoms with Gasteiger partial charge in [0, 0.05) is 31.1 Å².